The Labute approximate surface area is 98.6 Å². The fourth-order valence-corrected chi connectivity index (χ4v) is 1.78. The Morgan fingerprint density at radius 3 is 3.00 bits per heavy atom. The van der Waals surface area contributed by atoms with E-state index in [-0.39, 0.29) is 17.2 Å². The number of hydrogen-bond acceptors (Lipinski definition) is 4. The number of aromatic nitrogens is 2. The molecule has 2 heterocycles. The zero-order valence-corrected chi connectivity index (χ0v) is 9.88. The van der Waals surface area contributed by atoms with Gasteiger partial charge in [-0.15, -0.1) is 0 Å². The van der Waals surface area contributed by atoms with E-state index < -0.39 is 0 Å². The van der Waals surface area contributed by atoms with E-state index in [1.807, 2.05) is 0 Å². The van der Waals surface area contributed by atoms with E-state index in [9.17, 15) is 4.79 Å². The minimum atomic E-state index is -0.251. The number of anilines is 2. The Balaban J connectivity index is 2.22. The Hall–Kier alpha value is -1.36. The van der Waals surface area contributed by atoms with Crippen molar-refractivity contribution >= 4 is 29.0 Å². The van der Waals surface area contributed by atoms with Crippen molar-refractivity contribution in [3.05, 3.63) is 11.5 Å². The number of hydrogen-bond donors (Lipinski definition) is 2. The van der Waals surface area contributed by atoms with Gasteiger partial charge in [-0.3, -0.25) is 4.79 Å². The van der Waals surface area contributed by atoms with Gasteiger partial charge in [-0.2, -0.15) is 4.98 Å². The number of nitrogens with one attached hydrogen (secondary N) is 2. The second kappa shape index (κ2) is 4.25. The standard InChI is InChI=1S/C10H13ClN4O/c1-5(2)3-6-9(16)14-7-4-12-10(11)15-8(7)13-6/h4-6H,3H2,1-2H3,(H,14,16)(H,12,13,15). The molecule has 1 aromatic heterocycles. The largest absolute Gasteiger partial charge is 0.356 e. The lowest BCUT2D eigenvalue weighted by Crippen LogP contribution is -2.40. The van der Waals surface area contributed by atoms with Crippen molar-refractivity contribution in [3.8, 4) is 0 Å². The first-order chi connectivity index (χ1) is 7.56. The van der Waals surface area contributed by atoms with Crippen LogP contribution >= 0.6 is 11.6 Å². The van der Waals surface area contributed by atoms with Gasteiger partial charge in [-0.25, -0.2) is 4.98 Å². The number of fused-ring (bicyclic) bond motifs is 1. The molecule has 1 aliphatic rings. The number of amides is 1. The second-order valence-electron chi connectivity index (χ2n) is 4.22. The summed E-state index contributed by atoms with van der Waals surface area (Å²) < 4.78 is 0. The molecule has 1 aromatic rings. The van der Waals surface area contributed by atoms with Crippen molar-refractivity contribution in [3.63, 3.8) is 0 Å². The van der Waals surface area contributed by atoms with Crippen LogP contribution in [-0.2, 0) is 4.79 Å². The molecule has 2 N–H and O–H groups in total. The van der Waals surface area contributed by atoms with Gasteiger partial charge in [0.1, 0.15) is 11.7 Å². The summed E-state index contributed by atoms with van der Waals surface area (Å²) in [6.45, 7) is 4.13. The third-order valence-corrected chi connectivity index (χ3v) is 2.53. The van der Waals surface area contributed by atoms with Crippen LogP contribution in [0.15, 0.2) is 6.20 Å². The minimum Gasteiger partial charge on any atom is -0.356 e. The predicted molar refractivity (Wildman–Crippen MR) is 62.5 cm³/mol. The summed E-state index contributed by atoms with van der Waals surface area (Å²) in [7, 11) is 0. The quantitative estimate of drug-likeness (QED) is 0.775. The molecule has 0 saturated heterocycles. The topological polar surface area (TPSA) is 66.9 Å². The normalized spacial score (nSPS) is 19.0. The molecular weight excluding hydrogens is 228 g/mol. The highest BCUT2D eigenvalue weighted by atomic mass is 35.5. The molecule has 1 amide bonds. The lowest BCUT2D eigenvalue weighted by atomic mass is 10.0. The summed E-state index contributed by atoms with van der Waals surface area (Å²) in [5, 5.41) is 6.00. The fraction of sp³-hybridized carbons (Fsp3) is 0.500. The molecule has 1 atom stereocenters. The number of carbonyl (C=O) groups excluding carboxylic acids is 1. The molecule has 0 aromatic carbocycles. The molecule has 0 spiro atoms. The van der Waals surface area contributed by atoms with E-state index in [4.69, 9.17) is 11.6 Å². The van der Waals surface area contributed by atoms with Crippen LogP contribution in [0.4, 0.5) is 11.5 Å². The number of nitrogens with zero attached hydrogens (tertiary/aromatic N) is 2. The highest BCUT2D eigenvalue weighted by Crippen LogP contribution is 2.26. The van der Waals surface area contributed by atoms with E-state index >= 15 is 0 Å². The van der Waals surface area contributed by atoms with Crippen molar-refractivity contribution in [2.45, 2.75) is 26.3 Å². The summed E-state index contributed by atoms with van der Waals surface area (Å²) in [5.74, 6) is 0.972. The van der Waals surface area contributed by atoms with Crippen LogP contribution in [0, 0.1) is 5.92 Å². The van der Waals surface area contributed by atoms with Crippen LogP contribution in [-0.4, -0.2) is 21.9 Å². The number of carbonyl (C=O) groups is 1. The van der Waals surface area contributed by atoms with Crippen molar-refractivity contribution in [2.24, 2.45) is 5.92 Å². The molecule has 6 heteroatoms. The monoisotopic (exact) mass is 240 g/mol. The van der Waals surface area contributed by atoms with Crippen LogP contribution in [0.25, 0.3) is 0 Å². The molecule has 0 fully saturated rings. The Morgan fingerprint density at radius 2 is 2.31 bits per heavy atom. The van der Waals surface area contributed by atoms with Crippen LogP contribution in [0.3, 0.4) is 0 Å². The third-order valence-electron chi connectivity index (χ3n) is 2.35. The van der Waals surface area contributed by atoms with Gasteiger partial charge >= 0.3 is 0 Å². The molecule has 86 valence electrons. The summed E-state index contributed by atoms with van der Waals surface area (Å²) in [5.41, 5.74) is 0.578. The average Bonchev–Trinajstić information content (AvgIpc) is 2.19. The molecule has 0 aliphatic carbocycles. The van der Waals surface area contributed by atoms with Gasteiger partial charge in [0.2, 0.25) is 11.2 Å². The lowest BCUT2D eigenvalue weighted by Gasteiger charge is -2.26. The Kier molecular flexibility index (Phi) is 2.96. The molecular formula is C10H13ClN4O. The van der Waals surface area contributed by atoms with Crippen molar-refractivity contribution < 1.29 is 4.79 Å². The smallest absolute Gasteiger partial charge is 0.247 e. The first-order valence-corrected chi connectivity index (χ1v) is 5.54. The van der Waals surface area contributed by atoms with Gasteiger partial charge in [0, 0.05) is 0 Å². The van der Waals surface area contributed by atoms with Crippen LogP contribution in [0.5, 0.6) is 0 Å². The Bertz CT molecular complexity index is 421. The van der Waals surface area contributed by atoms with Gasteiger partial charge in [-0.1, -0.05) is 13.8 Å². The molecule has 0 bridgehead atoms. The zero-order valence-electron chi connectivity index (χ0n) is 9.12. The first kappa shape index (κ1) is 11.1. The van der Waals surface area contributed by atoms with Crippen LogP contribution < -0.4 is 10.6 Å². The van der Waals surface area contributed by atoms with E-state index in [1.54, 1.807) is 0 Å². The molecule has 1 aliphatic heterocycles. The van der Waals surface area contributed by atoms with Gasteiger partial charge in [0.15, 0.2) is 5.82 Å². The van der Waals surface area contributed by atoms with Crippen LogP contribution in [0.2, 0.25) is 5.28 Å². The number of halogens is 1. The molecule has 5 nitrogen and oxygen atoms in total. The zero-order chi connectivity index (χ0) is 11.7. The lowest BCUT2D eigenvalue weighted by molar-refractivity contribution is -0.117. The average molecular weight is 241 g/mol. The molecule has 0 radical (unpaired) electrons. The molecule has 16 heavy (non-hydrogen) atoms. The van der Waals surface area contributed by atoms with E-state index in [2.05, 4.69) is 34.4 Å². The van der Waals surface area contributed by atoms with Gasteiger partial charge in [0.25, 0.3) is 0 Å². The summed E-state index contributed by atoms with van der Waals surface area (Å²) in [6.07, 6.45) is 2.26. The second-order valence-corrected chi connectivity index (χ2v) is 4.56. The van der Waals surface area contributed by atoms with Gasteiger partial charge in [-0.05, 0) is 23.9 Å². The van der Waals surface area contributed by atoms with Crippen molar-refractivity contribution in [1.29, 1.82) is 0 Å². The highest BCUT2D eigenvalue weighted by molar-refractivity contribution is 6.28. The minimum absolute atomic E-state index is 0.0490. The van der Waals surface area contributed by atoms with Gasteiger partial charge < -0.3 is 10.6 Å². The predicted octanol–water partition coefficient (Wildman–Crippen LogP) is 1.91. The summed E-state index contributed by atoms with van der Waals surface area (Å²) in [6, 6.07) is -0.251. The van der Waals surface area contributed by atoms with Gasteiger partial charge in [0.05, 0.1) is 6.20 Å². The molecule has 2 rings (SSSR count). The fourth-order valence-electron chi connectivity index (χ4n) is 1.65. The van der Waals surface area contributed by atoms with Crippen LogP contribution in [0.1, 0.15) is 20.3 Å². The number of rotatable bonds is 2. The Morgan fingerprint density at radius 1 is 1.56 bits per heavy atom. The summed E-state index contributed by atoms with van der Waals surface area (Å²) in [4.78, 5) is 19.6. The summed E-state index contributed by atoms with van der Waals surface area (Å²) >= 11 is 5.69. The van der Waals surface area contributed by atoms with E-state index in [0.29, 0.717) is 17.4 Å². The highest BCUT2D eigenvalue weighted by Gasteiger charge is 2.27. The maximum atomic E-state index is 11.7. The van der Waals surface area contributed by atoms with E-state index in [1.165, 1.54) is 6.20 Å². The first-order valence-electron chi connectivity index (χ1n) is 5.16. The maximum Gasteiger partial charge on any atom is 0.247 e. The molecule has 1 unspecified atom stereocenters. The SMILES string of the molecule is CC(C)CC1Nc2nc(Cl)ncc2NC1=O. The van der Waals surface area contributed by atoms with Crippen molar-refractivity contribution in [1.82, 2.24) is 9.97 Å². The maximum absolute atomic E-state index is 11.7. The third kappa shape index (κ3) is 2.24. The van der Waals surface area contributed by atoms with Crippen molar-refractivity contribution in [2.75, 3.05) is 10.6 Å². The molecule has 0 saturated carbocycles. The van der Waals surface area contributed by atoms with E-state index in [0.717, 1.165) is 6.42 Å².